The number of nitrogens with one attached hydrogen (secondary N) is 1. The van der Waals surface area contributed by atoms with Gasteiger partial charge in [-0.3, -0.25) is 9.79 Å². The van der Waals surface area contributed by atoms with E-state index in [1.54, 1.807) is 0 Å². The highest BCUT2D eigenvalue weighted by atomic mass is 16.1. The summed E-state index contributed by atoms with van der Waals surface area (Å²) in [5, 5.41) is 3.29. The minimum Gasteiger partial charge on any atom is -0.368 e. The van der Waals surface area contributed by atoms with Crippen LogP contribution in [0.25, 0.3) is 0 Å². The second kappa shape index (κ2) is 6.56. The van der Waals surface area contributed by atoms with E-state index in [1.807, 2.05) is 36.4 Å². The van der Waals surface area contributed by atoms with E-state index in [9.17, 15) is 4.79 Å². The van der Waals surface area contributed by atoms with Gasteiger partial charge in [0.15, 0.2) is 5.78 Å². The summed E-state index contributed by atoms with van der Waals surface area (Å²) in [5.74, 6) is 0.896. The predicted octanol–water partition coefficient (Wildman–Crippen LogP) is 3.22. The quantitative estimate of drug-likeness (QED) is 0.860. The standard InChI is InChI=1S/C19H20N2O/c1-2-6-14-9-10-16(17(13-14)19-20-11-12-21-19)18(22)15-7-4-3-5-8-15/h3-5,7-10,13H,2,6,11-12H2,1H3,(H,20,21). The summed E-state index contributed by atoms with van der Waals surface area (Å²) in [6.07, 6.45) is 2.10. The number of ketones is 1. The average molecular weight is 292 g/mol. The zero-order valence-electron chi connectivity index (χ0n) is 12.8. The zero-order valence-corrected chi connectivity index (χ0v) is 12.8. The molecule has 0 amide bonds. The maximum atomic E-state index is 12.8. The Kier molecular flexibility index (Phi) is 4.33. The van der Waals surface area contributed by atoms with Gasteiger partial charge in [0.05, 0.1) is 6.54 Å². The van der Waals surface area contributed by atoms with Crippen LogP contribution in [0.4, 0.5) is 0 Å². The highest BCUT2D eigenvalue weighted by Crippen LogP contribution is 2.19. The Morgan fingerprint density at radius 2 is 2.00 bits per heavy atom. The summed E-state index contributed by atoms with van der Waals surface area (Å²) in [5.41, 5.74) is 3.61. The fraction of sp³-hybridized carbons (Fsp3) is 0.263. The molecule has 22 heavy (non-hydrogen) atoms. The Morgan fingerprint density at radius 1 is 1.18 bits per heavy atom. The lowest BCUT2D eigenvalue weighted by molar-refractivity contribution is 0.103. The van der Waals surface area contributed by atoms with Crippen molar-refractivity contribution in [1.82, 2.24) is 5.32 Å². The van der Waals surface area contributed by atoms with E-state index >= 15 is 0 Å². The summed E-state index contributed by atoms with van der Waals surface area (Å²) in [4.78, 5) is 17.3. The van der Waals surface area contributed by atoms with Crippen LogP contribution in [0.5, 0.6) is 0 Å². The zero-order chi connectivity index (χ0) is 15.4. The van der Waals surface area contributed by atoms with Gasteiger partial charge in [0.25, 0.3) is 0 Å². The van der Waals surface area contributed by atoms with Crippen LogP contribution in [-0.4, -0.2) is 24.7 Å². The number of aryl methyl sites for hydroxylation is 1. The molecule has 2 aromatic carbocycles. The molecule has 1 aliphatic heterocycles. The van der Waals surface area contributed by atoms with Crippen molar-refractivity contribution < 1.29 is 4.79 Å². The lowest BCUT2D eigenvalue weighted by Crippen LogP contribution is -2.22. The molecule has 1 aliphatic rings. The summed E-state index contributed by atoms with van der Waals surface area (Å²) in [6, 6.07) is 15.5. The predicted molar refractivity (Wildman–Crippen MR) is 89.7 cm³/mol. The normalized spacial score (nSPS) is 13.6. The van der Waals surface area contributed by atoms with Gasteiger partial charge in [0, 0.05) is 23.2 Å². The molecule has 0 saturated heterocycles. The third kappa shape index (κ3) is 2.93. The minimum atomic E-state index is 0.0510. The number of carbonyl (C=O) groups is 1. The second-order valence-corrected chi connectivity index (χ2v) is 5.48. The number of benzene rings is 2. The van der Waals surface area contributed by atoms with E-state index in [2.05, 4.69) is 29.4 Å². The first kappa shape index (κ1) is 14.5. The number of nitrogens with zero attached hydrogens (tertiary/aromatic N) is 1. The number of hydrogen-bond acceptors (Lipinski definition) is 3. The molecule has 0 atom stereocenters. The lowest BCUT2D eigenvalue weighted by atomic mass is 9.94. The van der Waals surface area contributed by atoms with Gasteiger partial charge in [-0.1, -0.05) is 55.8 Å². The number of hydrogen-bond donors (Lipinski definition) is 1. The van der Waals surface area contributed by atoms with E-state index in [0.29, 0.717) is 5.56 Å². The SMILES string of the molecule is CCCc1ccc(C(=O)c2ccccc2)c(C2=NCCN2)c1. The van der Waals surface area contributed by atoms with Gasteiger partial charge in [-0.05, 0) is 18.1 Å². The van der Waals surface area contributed by atoms with E-state index in [1.165, 1.54) is 5.56 Å². The van der Waals surface area contributed by atoms with Crippen LogP contribution in [0, 0.1) is 0 Å². The minimum absolute atomic E-state index is 0.0510. The van der Waals surface area contributed by atoms with Gasteiger partial charge >= 0.3 is 0 Å². The molecule has 0 fully saturated rings. The molecule has 0 radical (unpaired) electrons. The lowest BCUT2D eigenvalue weighted by Gasteiger charge is -2.12. The van der Waals surface area contributed by atoms with E-state index in [0.717, 1.165) is 42.9 Å². The fourth-order valence-electron chi connectivity index (χ4n) is 2.75. The molecule has 3 rings (SSSR count). The third-order valence-corrected chi connectivity index (χ3v) is 3.83. The van der Waals surface area contributed by atoms with Crippen LogP contribution in [0.1, 0.15) is 40.4 Å². The molecule has 2 aromatic rings. The second-order valence-electron chi connectivity index (χ2n) is 5.48. The summed E-state index contributed by atoms with van der Waals surface area (Å²) >= 11 is 0. The first-order chi connectivity index (χ1) is 10.8. The van der Waals surface area contributed by atoms with Crippen molar-refractivity contribution >= 4 is 11.6 Å². The number of carbonyl (C=O) groups excluding carboxylic acids is 1. The van der Waals surface area contributed by atoms with E-state index < -0.39 is 0 Å². The number of rotatable bonds is 5. The van der Waals surface area contributed by atoms with Crippen molar-refractivity contribution in [1.29, 1.82) is 0 Å². The fourth-order valence-corrected chi connectivity index (χ4v) is 2.75. The molecule has 1 N–H and O–H groups in total. The first-order valence-electron chi connectivity index (χ1n) is 7.81. The molecule has 0 spiro atoms. The van der Waals surface area contributed by atoms with E-state index in [-0.39, 0.29) is 5.78 Å². The van der Waals surface area contributed by atoms with Crippen molar-refractivity contribution in [3.8, 4) is 0 Å². The molecule has 1 heterocycles. The Balaban J connectivity index is 2.04. The third-order valence-electron chi connectivity index (χ3n) is 3.83. The summed E-state index contributed by atoms with van der Waals surface area (Å²) in [7, 11) is 0. The summed E-state index contributed by atoms with van der Waals surface area (Å²) < 4.78 is 0. The van der Waals surface area contributed by atoms with Crippen LogP contribution < -0.4 is 5.32 Å². The molecule has 3 heteroatoms. The van der Waals surface area contributed by atoms with Crippen molar-refractivity contribution in [2.75, 3.05) is 13.1 Å². The van der Waals surface area contributed by atoms with Gasteiger partial charge in [0.1, 0.15) is 5.84 Å². The average Bonchev–Trinajstić information content (AvgIpc) is 3.10. The molecule has 0 saturated carbocycles. The molecular formula is C19H20N2O. The molecular weight excluding hydrogens is 272 g/mol. The number of amidine groups is 1. The van der Waals surface area contributed by atoms with Gasteiger partial charge in [-0.15, -0.1) is 0 Å². The largest absolute Gasteiger partial charge is 0.368 e. The smallest absolute Gasteiger partial charge is 0.193 e. The van der Waals surface area contributed by atoms with E-state index in [4.69, 9.17) is 0 Å². The summed E-state index contributed by atoms with van der Waals surface area (Å²) in [6.45, 7) is 3.77. The first-order valence-corrected chi connectivity index (χ1v) is 7.81. The topological polar surface area (TPSA) is 41.5 Å². The van der Waals surface area contributed by atoms with Gasteiger partial charge in [-0.2, -0.15) is 0 Å². The molecule has 0 unspecified atom stereocenters. The monoisotopic (exact) mass is 292 g/mol. The Bertz CT molecular complexity index is 705. The van der Waals surface area contributed by atoms with Gasteiger partial charge in [0.2, 0.25) is 0 Å². The van der Waals surface area contributed by atoms with Crippen LogP contribution in [0.2, 0.25) is 0 Å². The number of aliphatic imine (C=N–C) groups is 1. The molecule has 112 valence electrons. The Labute approximate surface area is 131 Å². The van der Waals surface area contributed by atoms with Crippen molar-refractivity contribution in [3.63, 3.8) is 0 Å². The maximum Gasteiger partial charge on any atom is 0.193 e. The van der Waals surface area contributed by atoms with Crippen LogP contribution in [0.3, 0.4) is 0 Å². The van der Waals surface area contributed by atoms with Crippen LogP contribution in [-0.2, 0) is 6.42 Å². The van der Waals surface area contributed by atoms with Crippen molar-refractivity contribution in [2.45, 2.75) is 19.8 Å². The van der Waals surface area contributed by atoms with Crippen molar-refractivity contribution in [2.24, 2.45) is 4.99 Å². The molecule has 0 aromatic heterocycles. The molecule has 0 aliphatic carbocycles. The molecule has 3 nitrogen and oxygen atoms in total. The highest BCUT2D eigenvalue weighted by molar-refractivity contribution is 6.16. The van der Waals surface area contributed by atoms with Crippen molar-refractivity contribution in [3.05, 3.63) is 70.8 Å². The van der Waals surface area contributed by atoms with Crippen LogP contribution in [0.15, 0.2) is 53.5 Å². The van der Waals surface area contributed by atoms with Gasteiger partial charge < -0.3 is 5.32 Å². The Morgan fingerprint density at radius 3 is 2.68 bits per heavy atom. The van der Waals surface area contributed by atoms with Gasteiger partial charge in [-0.25, -0.2) is 0 Å². The Hall–Kier alpha value is -2.42. The molecule has 0 bridgehead atoms. The maximum absolute atomic E-state index is 12.8. The van der Waals surface area contributed by atoms with Crippen LogP contribution >= 0.6 is 0 Å². The highest BCUT2D eigenvalue weighted by Gasteiger charge is 2.19.